The maximum atomic E-state index is 12.7. The van der Waals surface area contributed by atoms with Crippen molar-refractivity contribution in [3.8, 4) is 5.75 Å². The summed E-state index contributed by atoms with van der Waals surface area (Å²) in [6.07, 6.45) is 4.19. The van der Waals surface area contributed by atoms with Crippen LogP contribution in [0.1, 0.15) is 23.6 Å². The van der Waals surface area contributed by atoms with Gasteiger partial charge in [-0.2, -0.15) is 0 Å². The number of carbonyl (C=O) groups is 1. The van der Waals surface area contributed by atoms with Crippen molar-refractivity contribution < 1.29 is 9.53 Å². The van der Waals surface area contributed by atoms with Gasteiger partial charge in [0.15, 0.2) is 0 Å². The van der Waals surface area contributed by atoms with Gasteiger partial charge in [-0.1, -0.05) is 29.8 Å². The molecule has 0 aliphatic rings. The first kappa shape index (κ1) is 18.1. The van der Waals surface area contributed by atoms with Crippen LogP contribution in [0, 0.1) is 6.92 Å². The third kappa shape index (κ3) is 4.27. The number of ether oxygens (including phenoxy) is 1. The van der Waals surface area contributed by atoms with E-state index in [0.717, 1.165) is 16.9 Å². The standard InChI is InChI=1S/C21H21ClN2O2/c1-15-8-9-19(18(22)12-15)23-21(25)14-20(24-10-3-4-11-24)16-6-5-7-17(13-16)26-2/h3-13,20H,14H2,1-2H3,(H,23,25). The fourth-order valence-corrected chi connectivity index (χ4v) is 3.18. The molecule has 1 amide bonds. The van der Waals surface area contributed by atoms with Crippen molar-refractivity contribution in [3.05, 3.63) is 83.1 Å². The Balaban J connectivity index is 1.82. The van der Waals surface area contributed by atoms with E-state index in [1.807, 2.05) is 78.5 Å². The molecule has 2 aromatic carbocycles. The normalized spacial score (nSPS) is 11.8. The highest BCUT2D eigenvalue weighted by molar-refractivity contribution is 6.33. The number of nitrogens with one attached hydrogen (secondary N) is 1. The molecule has 3 rings (SSSR count). The average Bonchev–Trinajstić information content (AvgIpc) is 3.16. The van der Waals surface area contributed by atoms with Crippen molar-refractivity contribution in [3.63, 3.8) is 0 Å². The molecule has 3 aromatic rings. The van der Waals surface area contributed by atoms with Crippen LogP contribution in [0.5, 0.6) is 5.75 Å². The van der Waals surface area contributed by atoms with Gasteiger partial charge in [0.1, 0.15) is 5.75 Å². The Hall–Kier alpha value is -2.72. The van der Waals surface area contributed by atoms with Gasteiger partial charge in [-0.3, -0.25) is 4.79 Å². The molecule has 0 fully saturated rings. The van der Waals surface area contributed by atoms with E-state index >= 15 is 0 Å². The number of aromatic nitrogens is 1. The van der Waals surface area contributed by atoms with Gasteiger partial charge in [0, 0.05) is 12.4 Å². The fraction of sp³-hybridized carbons (Fsp3) is 0.190. The van der Waals surface area contributed by atoms with Crippen molar-refractivity contribution >= 4 is 23.2 Å². The van der Waals surface area contributed by atoms with E-state index in [4.69, 9.17) is 16.3 Å². The molecule has 26 heavy (non-hydrogen) atoms. The van der Waals surface area contributed by atoms with Gasteiger partial charge < -0.3 is 14.6 Å². The number of rotatable bonds is 6. The molecule has 4 nitrogen and oxygen atoms in total. The predicted molar refractivity (Wildman–Crippen MR) is 105 cm³/mol. The Morgan fingerprint density at radius 1 is 1.15 bits per heavy atom. The Morgan fingerprint density at radius 2 is 1.92 bits per heavy atom. The number of nitrogens with zero attached hydrogens (tertiary/aromatic N) is 1. The predicted octanol–water partition coefficient (Wildman–Crippen LogP) is 5.08. The first-order chi connectivity index (χ1) is 12.6. The summed E-state index contributed by atoms with van der Waals surface area (Å²) >= 11 is 6.23. The van der Waals surface area contributed by atoms with Crippen LogP contribution in [0.2, 0.25) is 5.02 Å². The average molecular weight is 369 g/mol. The molecule has 5 heteroatoms. The van der Waals surface area contributed by atoms with Crippen molar-refractivity contribution in [1.82, 2.24) is 4.57 Å². The van der Waals surface area contributed by atoms with Gasteiger partial charge >= 0.3 is 0 Å². The molecule has 0 saturated heterocycles. The van der Waals surface area contributed by atoms with Crippen LogP contribution in [0.15, 0.2) is 67.0 Å². The number of aryl methyl sites for hydroxylation is 1. The van der Waals surface area contributed by atoms with Crippen LogP contribution >= 0.6 is 11.6 Å². The van der Waals surface area contributed by atoms with Crippen molar-refractivity contribution in [1.29, 1.82) is 0 Å². The summed E-state index contributed by atoms with van der Waals surface area (Å²) in [4.78, 5) is 12.7. The summed E-state index contributed by atoms with van der Waals surface area (Å²) in [5, 5.41) is 3.45. The van der Waals surface area contributed by atoms with Gasteiger partial charge in [0.05, 0.1) is 30.3 Å². The molecule has 0 saturated carbocycles. The summed E-state index contributed by atoms with van der Waals surface area (Å²) in [5.74, 6) is 0.666. The van der Waals surface area contributed by atoms with E-state index in [9.17, 15) is 4.79 Å². The third-order valence-electron chi connectivity index (χ3n) is 4.24. The number of halogens is 1. The van der Waals surface area contributed by atoms with E-state index in [1.54, 1.807) is 7.11 Å². The van der Waals surface area contributed by atoms with Crippen LogP contribution in [0.4, 0.5) is 5.69 Å². The fourth-order valence-electron chi connectivity index (χ4n) is 2.90. The van der Waals surface area contributed by atoms with E-state index in [0.29, 0.717) is 10.7 Å². The number of carbonyl (C=O) groups excluding carboxylic acids is 1. The van der Waals surface area contributed by atoms with Crippen LogP contribution in [0.25, 0.3) is 0 Å². The number of hydrogen-bond acceptors (Lipinski definition) is 2. The monoisotopic (exact) mass is 368 g/mol. The van der Waals surface area contributed by atoms with Crippen molar-refractivity contribution in [2.24, 2.45) is 0 Å². The largest absolute Gasteiger partial charge is 0.497 e. The Labute approximate surface area is 158 Å². The molecular weight excluding hydrogens is 348 g/mol. The second-order valence-corrected chi connectivity index (χ2v) is 6.57. The number of benzene rings is 2. The molecule has 0 aliphatic heterocycles. The lowest BCUT2D eigenvalue weighted by molar-refractivity contribution is -0.116. The maximum Gasteiger partial charge on any atom is 0.226 e. The summed E-state index contributed by atoms with van der Waals surface area (Å²) in [6, 6.07) is 17.1. The highest BCUT2D eigenvalue weighted by Crippen LogP contribution is 2.28. The molecule has 1 heterocycles. The Bertz CT molecular complexity index is 891. The van der Waals surface area contributed by atoms with Gasteiger partial charge in [0.2, 0.25) is 5.91 Å². The molecule has 0 bridgehead atoms. The summed E-state index contributed by atoms with van der Waals surface area (Å²) in [6.45, 7) is 1.96. The number of anilines is 1. The zero-order chi connectivity index (χ0) is 18.5. The molecular formula is C21H21ClN2O2. The topological polar surface area (TPSA) is 43.3 Å². The number of amides is 1. The highest BCUT2D eigenvalue weighted by atomic mass is 35.5. The van der Waals surface area contributed by atoms with Gasteiger partial charge in [-0.15, -0.1) is 0 Å². The molecule has 0 aliphatic carbocycles. The third-order valence-corrected chi connectivity index (χ3v) is 4.56. The lowest BCUT2D eigenvalue weighted by Crippen LogP contribution is -2.19. The smallest absolute Gasteiger partial charge is 0.226 e. The van der Waals surface area contributed by atoms with E-state index < -0.39 is 0 Å². The van der Waals surface area contributed by atoms with Crippen LogP contribution in [-0.4, -0.2) is 17.6 Å². The van der Waals surface area contributed by atoms with Crippen LogP contribution in [-0.2, 0) is 4.79 Å². The zero-order valence-corrected chi connectivity index (χ0v) is 15.5. The number of methoxy groups -OCH3 is 1. The summed E-state index contributed by atoms with van der Waals surface area (Å²) in [7, 11) is 1.63. The van der Waals surface area contributed by atoms with E-state index in [1.165, 1.54) is 0 Å². The van der Waals surface area contributed by atoms with Gasteiger partial charge in [-0.05, 0) is 54.4 Å². The summed E-state index contributed by atoms with van der Waals surface area (Å²) in [5.41, 5.74) is 2.68. The molecule has 1 unspecified atom stereocenters. The SMILES string of the molecule is COc1cccc(C(CC(=O)Nc2ccc(C)cc2Cl)n2cccc2)c1. The van der Waals surface area contributed by atoms with E-state index in [2.05, 4.69) is 5.32 Å². The van der Waals surface area contributed by atoms with Crippen LogP contribution in [0.3, 0.4) is 0 Å². The lowest BCUT2D eigenvalue weighted by Gasteiger charge is -2.20. The minimum absolute atomic E-state index is 0.0997. The van der Waals surface area contributed by atoms with Crippen molar-refractivity contribution in [2.75, 3.05) is 12.4 Å². The van der Waals surface area contributed by atoms with Crippen LogP contribution < -0.4 is 10.1 Å². The Morgan fingerprint density at radius 3 is 2.62 bits per heavy atom. The first-order valence-electron chi connectivity index (χ1n) is 8.39. The molecule has 1 atom stereocenters. The van der Waals surface area contributed by atoms with Gasteiger partial charge in [0.25, 0.3) is 0 Å². The molecule has 1 N–H and O–H groups in total. The lowest BCUT2D eigenvalue weighted by atomic mass is 10.0. The van der Waals surface area contributed by atoms with Crippen molar-refractivity contribution in [2.45, 2.75) is 19.4 Å². The second kappa shape index (κ2) is 8.11. The van der Waals surface area contributed by atoms with E-state index in [-0.39, 0.29) is 18.4 Å². The molecule has 1 aromatic heterocycles. The Kier molecular flexibility index (Phi) is 5.64. The maximum absolute atomic E-state index is 12.7. The molecule has 0 spiro atoms. The highest BCUT2D eigenvalue weighted by Gasteiger charge is 2.18. The zero-order valence-electron chi connectivity index (χ0n) is 14.8. The van der Waals surface area contributed by atoms with Gasteiger partial charge in [-0.25, -0.2) is 0 Å². The minimum Gasteiger partial charge on any atom is -0.497 e. The summed E-state index contributed by atoms with van der Waals surface area (Å²) < 4.78 is 7.34. The second-order valence-electron chi connectivity index (χ2n) is 6.16. The number of hydrogen-bond donors (Lipinski definition) is 1. The molecule has 134 valence electrons. The quantitative estimate of drug-likeness (QED) is 0.659. The molecule has 0 radical (unpaired) electrons. The first-order valence-corrected chi connectivity index (χ1v) is 8.77. The minimum atomic E-state index is -0.135.